The molecule has 0 unspecified atom stereocenters. The van der Waals surface area contributed by atoms with Gasteiger partial charge in [-0.05, 0) is 36.6 Å². The molecule has 1 heterocycles. The van der Waals surface area contributed by atoms with Crippen molar-refractivity contribution in [2.45, 2.75) is 32.0 Å². The van der Waals surface area contributed by atoms with Crippen molar-refractivity contribution >= 4 is 17.7 Å². The van der Waals surface area contributed by atoms with Gasteiger partial charge in [-0.3, -0.25) is 4.79 Å². The molecule has 1 aromatic heterocycles. The smallest absolute Gasteiger partial charge is 0.277 e. The molecule has 7 heteroatoms. The van der Waals surface area contributed by atoms with Crippen LogP contribution in [0.4, 0.5) is 0 Å². The number of hydrogen-bond acceptors (Lipinski definition) is 6. The first-order valence-electron chi connectivity index (χ1n) is 9.61. The van der Waals surface area contributed by atoms with Crippen LogP contribution in [0.1, 0.15) is 25.0 Å². The Bertz CT molecular complexity index is 940. The zero-order chi connectivity index (χ0) is 20.6. The Morgan fingerprint density at radius 3 is 2.52 bits per heavy atom. The number of nitrogens with zero attached hydrogens (tertiary/aromatic N) is 3. The van der Waals surface area contributed by atoms with E-state index >= 15 is 0 Å². The summed E-state index contributed by atoms with van der Waals surface area (Å²) in [5, 5.41) is 8.50. The number of ether oxygens (including phenoxy) is 1. The summed E-state index contributed by atoms with van der Waals surface area (Å²) < 4.78 is 11.3. The largest absolute Gasteiger partial charge is 0.493 e. The molecule has 0 saturated heterocycles. The van der Waals surface area contributed by atoms with Crippen molar-refractivity contribution in [1.82, 2.24) is 15.1 Å². The fourth-order valence-corrected chi connectivity index (χ4v) is 3.48. The van der Waals surface area contributed by atoms with Gasteiger partial charge in [0.05, 0.1) is 17.9 Å². The maximum atomic E-state index is 12.5. The first-order valence-corrected chi connectivity index (χ1v) is 10.6. The van der Waals surface area contributed by atoms with E-state index in [1.54, 1.807) is 11.9 Å². The van der Waals surface area contributed by atoms with Crippen LogP contribution in [-0.4, -0.2) is 40.4 Å². The first kappa shape index (κ1) is 20.9. The van der Waals surface area contributed by atoms with Crippen LogP contribution in [0, 0.1) is 0 Å². The minimum absolute atomic E-state index is 0.00374. The average molecular weight is 412 g/mol. The van der Waals surface area contributed by atoms with Gasteiger partial charge in [-0.25, -0.2) is 0 Å². The molecule has 29 heavy (non-hydrogen) atoms. The minimum atomic E-state index is 0.00374. The molecular formula is C22H25N3O3S. The van der Waals surface area contributed by atoms with E-state index in [1.165, 1.54) is 17.3 Å². The third kappa shape index (κ3) is 5.60. The Labute approximate surface area is 175 Å². The van der Waals surface area contributed by atoms with Gasteiger partial charge >= 0.3 is 0 Å². The molecule has 1 amide bonds. The fourth-order valence-electron chi connectivity index (χ4n) is 2.78. The Kier molecular flexibility index (Phi) is 7.30. The quantitative estimate of drug-likeness (QED) is 0.485. The van der Waals surface area contributed by atoms with Crippen LogP contribution in [0.2, 0.25) is 0 Å². The molecule has 3 rings (SSSR count). The molecule has 0 aliphatic rings. The van der Waals surface area contributed by atoms with Crippen LogP contribution in [0.15, 0.2) is 58.2 Å². The average Bonchev–Trinajstić information content (AvgIpc) is 3.22. The van der Waals surface area contributed by atoms with Gasteiger partial charge < -0.3 is 14.1 Å². The van der Waals surface area contributed by atoms with E-state index in [1.807, 2.05) is 31.2 Å². The molecule has 2 aromatic carbocycles. The molecule has 3 aromatic rings. The number of amides is 1. The Morgan fingerprint density at radius 1 is 1.07 bits per heavy atom. The lowest BCUT2D eigenvalue weighted by molar-refractivity contribution is -0.127. The van der Waals surface area contributed by atoms with Crippen molar-refractivity contribution in [3.63, 3.8) is 0 Å². The van der Waals surface area contributed by atoms with Crippen molar-refractivity contribution in [3.8, 4) is 17.2 Å². The van der Waals surface area contributed by atoms with Crippen LogP contribution in [0.3, 0.4) is 0 Å². The first-order chi connectivity index (χ1) is 14.1. The number of benzene rings is 2. The summed E-state index contributed by atoms with van der Waals surface area (Å²) in [6, 6.07) is 15.8. The number of carbonyl (C=O) groups is 1. The van der Waals surface area contributed by atoms with Crippen LogP contribution in [0.25, 0.3) is 11.5 Å². The molecular weight excluding hydrogens is 386 g/mol. The molecule has 0 saturated carbocycles. The van der Waals surface area contributed by atoms with Gasteiger partial charge in [0.15, 0.2) is 0 Å². The highest BCUT2D eigenvalue weighted by Crippen LogP contribution is 2.30. The van der Waals surface area contributed by atoms with Crippen molar-refractivity contribution in [2.24, 2.45) is 0 Å². The second-order valence-electron chi connectivity index (χ2n) is 6.51. The topological polar surface area (TPSA) is 68.5 Å². The second kappa shape index (κ2) is 10.1. The predicted octanol–water partition coefficient (Wildman–Crippen LogP) is 4.45. The van der Waals surface area contributed by atoms with Crippen LogP contribution in [-0.2, 0) is 17.8 Å². The maximum absolute atomic E-state index is 12.5. The highest BCUT2D eigenvalue weighted by molar-refractivity contribution is 7.99. The highest BCUT2D eigenvalue weighted by Gasteiger charge is 2.16. The van der Waals surface area contributed by atoms with Gasteiger partial charge in [0.25, 0.3) is 11.1 Å². The molecule has 0 atom stereocenters. The van der Waals surface area contributed by atoms with E-state index < -0.39 is 0 Å². The molecule has 0 fully saturated rings. The van der Waals surface area contributed by atoms with Crippen molar-refractivity contribution < 1.29 is 13.9 Å². The summed E-state index contributed by atoms with van der Waals surface area (Å²) in [5.41, 5.74) is 3.14. The molecule has 0 spiro atoms. The van der Waals surface area contributed by atoms with Gasteiger partial charge in [0.1, 0.15) is 5.75 Å². The molecule has 0 radical (unpaired) electrons. The van der Waals surface area contributed by atoms with E-state index in [9.17, 15) is 4.79 Å². The molecule has 0 N–H and O–H groups in total. The van der Waals surface area contributed by atoms with Crippen molar-refractivity contribution in [2.75, 3.05) is 19.4 Å². The molecule has 6 nitrogen and oxygen atoms in total. The summed E-state index contributed by atoms with van der Waals surface area (Å²) in [6.07, 6.45) is 1.01. The minimum Gasteiger partial charge on any atom is -0.493 e. The summed E-state index contributed by atoms with van der Waals surface area (Å²) in [5.74, 6) is 1.32. The van der Waals surface area contributed by atoms with Gasteiger partial charge in [0.2, 0.25) is 5.91 Å². The van der Waals surface area contributed by atoms with Crippen LogP contribution < -0.4 is 4.74 Å². The number of rotatable bonds is 9. The molecule has 152 valence electrons. The molecule has 0 aliphatic carbocycles. The fraction of sp³-hybridized carbons (Fsp3) is 0.318. The zero-order valence-corrected chi connectivity index (χ0v) is 17.7. The molecule has 0 bridgehead atoms. The number of para-hydroxylation sites is 1. The lowest BCUT2D eigenvalue weighted by Gasteiger charge is -2.16. The predicted molar refractivity (Wildman–Crippen MR) is 114 cm³/mol. The number of thioether (sulfide) groups is 1. The number of hydrogen-bond donors (Lipinski definition) is 0. The summed E-state index contributed by atoms with van der Waals surface area (Å²) in [7, 11) is 1.80. The molecule has 0 aliphatic heterocycles. The van der Waals surface area contributed by atoms with E-state index in [4.69, 9.17) is 9.15 Å². The summed E-state index contributed by atoms with van der Waals surface area (Å²) >= 11 is 1.24. The summed E-state index contributed by atoms with van der Waals surface area (Å²) in [6.45, 7) is 5.17. The zero-order valence-electron chi connectivity index (χ0n) is 16.9. The Balaban J connectivity index is 1.56. The van der Waals surface area contributed by atoms with Crippen molar-refractivity contribution in [3.05, 3.63) is 59.7 Å². The maximum Gasteiger partial charge on any atom is 0.277 e. The highest BCUT2D eigenvalue weighted by atomic mass is 32.2. The lowest BCUT2D eigenvalue weighted by Crippen LogP contribution is -2.27. The monoisotopic (exact) mass is 411 g/mol. The Morgan fingerprint density at radius 2 is 1.79 bits per heavy atom. The van der Waals surface area contributed by atoms with Crippen LogP contribution in [0.5, 0.6) is 5.75 Å². The third-order valence-electron chi connectivity index (χ3n) is 4.42. The number of aromatic nitrogens is 2. The van der Waals surface area contributed by atoms with Gasteiger partial charge in [-0.2, -0.15) is 0 Å². The Hall–Kier alpha value is -2.80. The van der Waals surface area contributed by atoms with E-state index in [-0.39, 0.29) is 11.7 Å². The standard InChI is InChI=1S/C22H25N3O3S/c1-4-16-10-12-17(13-11-16)14-25(3)20(26)15-29-22-24-23-21(28-22)18-8-6-7-9-19(18)27-5-2/h6-13H,4-5,14-15H2,1-3H3. The normalized spacial score (nSPS) is 10.7. The van der Waals surface area contributed by atoms with Gasteiger partial charge in [0, 0.05) is 13.6 Å². The van der Waals surface area contributed by atoms with Crippen molar-refractivity contribution in [1.29, 1.82) is 0 Å². The summed E-state index contributed by atoms with van der Waals surface area (Å²) in [4.78, 5) is 14.2. The SMILES string of the molecule is CCOc1ccccc1-c1nnc(SCC(=O)N(C)Cc2ccc(CC)cc2)o1. The van der Waals surface area contributed by atoms with E-state index in [0.717, 1.165) is 17.5 Å². The van der Waals surface area contributed by atoms with Gasteiger partial charge in [-0.15, -0.1) is 10.2 Å². The second-order valence-corrected chi connectivity index (χ2v) is 7.44. The third-order valence-corrected chi connectivity index (χ3v) is 5.22. The lowest BCUT2D eigenvalue weighted by atomic mass is 10.1. The van der Waals surface area contributed by atoms with E-state index in [2.05, 4.69) is 41.4 Å². The van der Waals surface area contributed by atoms with E-state index in [0.29, 0.717) is 30.0 Å². The number of aryl methyl sites for hydroxylation is 1. The van der Waals surface area contributed by atoms with Crippen LogP contribution >= 0.6 is 11.8 Å². The van der Waals surface area contributed by atoms with Gasteiger partial charge in [-0.1, -0.05) is 55.1 Å². The number of carbonyl (C=O) groups excluding carboxylic acids is 1.